The van der Waals surface area contributed by atoms with Gasteiger partial charge in [0.1, 0.15) is 0 Å². The van der Waals surface area contributed by atoms with Crippen LogP contribution in [-0.4, -0.2) is 0 Å². The number of hydrogen-bond acceptors (Lipinski definition) is 0. The molecule has 4 aromatic rings. The van der Waals surface area contributed by atoms with E-state index in [0.717, 1.165) is 0 Å². The van der Waals surface area contributed by atoms with E-state index in [0.29, 0.717) is 0 Å². The first-order valence-electron chi connectivity index (χ1n) is 11.3. The van der Waals surface area contributed by atoms with E-state index in [1.807, 2.05) is 55.4 Å². The summed E-state index contributed by atoms with van der Waals surface area (Å²) in [5.41, 5.74) is 3.96. The lowest BCUT2D eigenvalue weighted by molar-refractivity contribution is 1.49. The summed E-state index contributed by atoms with van der Waals surface area (Å²) in [6.45, 7) is 18.2. The highest BCUT2D eigenvalue weighted by molar-refractivity contribution is 6.14. The number of rotatable bonds is 1. The van der Waals surface area contributed by atoms with Crippen molar-refractivity contribution < 1.29 is 0 Å². The van der Waals surface area contributed by atoms with E-state index in [9.17, 15) is 0 Å². The number of hydrogen-bond donors (Lipinski definition) is 0. The van der Waals surface area contributed by atoms with Gasteiger partial charge in [0.15, 0.2) is 0 Å². The van der Waals surface area contributed by atoms with Gasteiger partial charge in [-0.3, -0.25) is 0 Å². The van der Waals surface area contributed by atoms with E-state index >= 15 is 0 Å². The first kappa shape index (κ1) is 26.4. The zero-order valence-corrected chi connectivity index (χ0v) is 20.0. The topological polar surface area (TPSA) is 0 Å². The number of benzene rings is 4. The average Bonchev–Trinajstić information content (AvgIpc) is 2.84. The lowest BCUT2D eigenvalue weighted by atomic mass is 9.91. The molecule has 156 valence electrons. The lowest BCUT2D eigenvalue weighted by Gasteiger charge is -2.13. The van der Waals surface area contributed by atoms with Crippen LogP contribution >= 0.6 is 0 Å². The summed E-state index contributed by atoms with van der Waals surface area (Å²) in [7, 11) is 0. The summed E-state index contributed by atoms with van der Waals surface area (Å²) in [6.07, 6.45) is 0. The Morgan fingerprint density at radius 3 is 1.55 bits per heavy atom. The normalized spacial score (nSPS) is 8.86. The minimum absolute atomic E-state index is 1.29. The summed E-state index contributed by atoms with van der Waals surface area (Å²) in [5.74, 6) is 0. The molecule has 29 heavy (non-hydrogen) atoms. The van der Waals surface area contributed by atoms with Gasteiger partial charge < -0.3 is 0 Å². The van der Waals surface area contributed by atoms with Crippen LogP contribution in [0.25, 0.3) is 32.7 Å². The molecule has 0 heteroatoms. The van der Waals surface area contributed by atoms with Crippen LogP contribution in [0, 0.1) is 6.92 Å². The summed E-state index contributed by atoms with van der Waals surface area (Å²) in [5, 5.41) is 5.29. The zero-order valence-electron chi connectivity index (χ0n) is 20.0. The maximum atomic E-state index is 2.23. The van der Waals surface area contributed by atoms with Crippen LogP contribution in [0.5, 0.6) is 0 Å². The highest BCUT2D eigenvalue weighted by atomic mass is 14.1. The Bertz CT molecular complexity index is 934. The van der Waals surface area contributed by atoms with Crippen LogP contribution in [0.15, 0.2) is 78.9 Å². The molecule has 0 aliphatic carbocycles. The molecule has 0 aliphatic heterocycles. The van der Waals surface area contributed by atoms with Gasteiger partial charge >= 0.3 is 0 Å². The number of aryl methyl sites for hydroxylation is 1. The van der Waals surface area contributed by atoms with Crippen LogP contribution in [-0.2, 0) is 0 Å². The molecule has 0 bridgehead atoms. The molecule has 0 aliphatic rings. The smallest absolute Gasteiger partial charge is 0.00242 e. The molecule has 0 N–H and O–H groups in total. The summed E-state index contributed by atoms with van der Waals surface area (Å²) in [6, 6.07) is 28.2. The quantitative estimate of drug-likeness (QED) is 0.284. The Morgan fingerprint density at radius 1 is 0.448 bits per heavy atom. The van der Waals surface area contributed by atoms with Crippen LogP contribution in [0.2, 0.25) is 0 Å². The fraction of sp³-hybridized carbons (Fsp3) is 0.310. The molecular weight excluding hydrogens is 348 g/mol. The molecule has 0 amide bonds. The predicted octanol–water partition coefficient (Wildman–Crippen LogP) is 10.1. The van der Waals surface area contributed by atoms with Gasteiger partial charge in [0.2, 0.25) is 0 Å². The van der Waals surface area contributed by atoms with Crippen molar-refractivity contribution in [2.45, 2.75) is 62.3 Å². The van der Waals surface area contributed by atoms with Gasteiger partial charge in [0, 0.05) is 0 Å². The van der Waals surface area contributed by atoms with Gasteiger partial charge in [0.05, 0.1) is 0 Å². The summed E-state index contributed by atoms with van der Waals surface area (Å²) >= 11 is 0. The van der Waals surface area contributed by atoms with Crippen molar-refractivity contribution >= 4 is 21.5 Å². The first-order valence-corrected chi connectivity index (χ1v) is 11.3. The van der Waals surface area contributed by atoms with Gasteiger partial charge in [-0.15, -0.1) is 0 Å². The maximum absolute atomic E-state index is 2.23. The van der Waals surface area contributed by atoms with E-state index in [1.54, 1.807) is 0 Å². The summed E-state index contributed by atoms with van der Waals surface area (Å²) < 4.78 is 0. The third kappa shape index (κ3) is 6.46. The summed E-state index contributed by atoms with van der Waals surface area (Å²) in [4.78, 5) is 0. The number of fused-ring (bicyclic) bond motifs is 3. The van der Waals surface area contributed by atoms with Crippen molar-refractivity contribution in [2.24, 2.45) is 0 Å². The third-order valence-corrected chi connectivity index (χ3v) is 4.18. The van der Waals surface area contributed by atoms with Gasteiger partial charge in [-0.25, -0.2) is 0 Å². The van der Waals surface area contributed by atoms with Crippen molar-refractivity contribution in [3.8, 4) is 11.1 Å². The van der Waals surface area contributed by atoms with Crippen molar-refractivity contribution in [1.29, 1.82) is 0 Å². The predicted molar refractivity (Wildman–Crippen MR) is 137 cm³/mol. The van der Waals surface area contributed by atoms with E-state index in [4.69, 9.17) is 0 Å². The molecule has 0 spiro atoms. The minimum Gasteiger partial charge on any atom is -0.0683 e. The van der Waals surface area contributed by atoms with Crippen molar-refractivity contribution in [2.75, 3.05) is 0 Å². The van der Waals surface area contributed by atoms with Crippen LogP contribution in [0.1, 0.15) is 61.0 Å². The zero-order chi connectivity index (χ0) is 22.2. The molecule has 0 radical (unpaired) electrons. The van der Waals surface area contributed by atoms with Crippen LogP contribution in [0.4, 0.5) is 0 Å². The molecule has 0 nitrogen and oxygen atoms in total. The molecule has 0 heterocycles. The SMILES string of the molecule is CC.CC.CC.CC.Cc1ccc2ccc3ccccc3c2c1-c1ccccc1. The van der Waals surface area contributed by atoms with Crippen LogP contribution in [0.3, 0.4) is 0 Å². The maximum Gasteiger partial charge on any atom is -0.00242 e. The Morgan fingerprint density at radius 2 is 0.931 bits per heavy atom. The van der Waals surface area contributed by atoms with Crippen molar-refractivity contribution in [3.05, 3.63) is 84.4 Å². The second-order valence-corrected chi connectivity index (χ2v) is 5.51. The Balaban J connectivity index is 0.000000881. The Kier molecular flexibility index (Phi) is 14.0. The van der Waals surface area contributed by atoms with Crippen molar-refractivity contribution in [3.63, 3.8) is 0 Å². The van der Waals surface area contributed by atoms with Gasteiger partial charge in [-0.2, -0.15) is 0 Å². The molecule has 0 saturated carbocycles. The van der Waals surface area contributed by atoms with Crippen LogP contribution < -0.4 is 0 Å². The molecule has 4 rings (SSSR count). The third-order valence-electron chi connectivity index (χ3n) is 4.18. The molecule has 0 unspecified atom stereocenters. The van der Waals surface area contributed by atoms with E-state index in [2.05, 4.69) is 85.8 Å². The molecule has 0 aromatic heterocycles. The lowest BCUT2D eigenvalue weighted by Crippen LogP contribution is -1.87. The second kappa shape index (κ2) is 15.3. The van der Waals surface area contributed by atoms with Gasteiger partial charge in [0.25, 0.3) is 0 Å². The van der Waals surface area contributed by atoms with E-state index < -0.39 is 0 Å². The molecule has 0 fully saturated rings. The second-order valence-electron chi connectivity index (χ2n) is 5.51. The molecule has 0 atom stereocenters. The standard InChI is InChI=1S/C21H16.4C2H6/c1-15-11-12-18-14-13-16-7-5-6-10-19(16)21(18)20(15)17-8-3-2-4-9-17;4*1-2/h2-14H,1H3;4*1-2H3. The Labute approximate surface area is 179 Å². The highest BCUT2D eigenvalue weighted by Crippen LogP contribution is 2.36. The minimum atomic E-state index is 1.29. The fourth-order valence-corrected chi connectivity index (χ4v) is 3.18. The fourth-order valence-electron chi connectivity index (χ4n) is 3.18. The van der Waals surface area contributed by atoms with Crippen molar-refractivity contribution in [1.82, 2.24) is 0 Å². The first-order chi connectivity index (χ1) is 14.3. The molecule has 4 aromatic carbocycles. The van der Waals surface area contributed by atoms with E-state index in [1.165, 1.54) is 38.2 Å². The Hall–Kier alpha value is -2.60. The van der Waals surface area contributed by atoms with E-state index in [-0.39, 0.29) is 0 Å². The van der Waals surface area contributed by atoms with Gasteiger partial charge in [-0.1, -0.05) is 134 Å². The molecular formula is C29H40. The largest absolute Gasteiger partial charge is 0.0683 e. The monoisotopic (exact) mass is 388 g/mol. The molecule has 0 saturated heterocycles. The average molecular weight is 389 g/mol. The van der Waals surface area contributed by atoms with Gasteiger partial charge in [-0.05, 0) is 45.2 Å². The highest BCUT2D eigenvalue weighted by Gasteiger charge is 2.10.